The Morgan fingerprint density at radius 1 is 1.38 bits per heavy atom. The number of nitrogens with one attached hydrogen (secondary N) is 2. The van der Waals surface area contributed by atoms with Gasteiger partial charge in [-0.15, -0.1) is 5.10 Å². The lowest BCUT2D eigenvalue weighted by Crippen LogP contribution is -2.46. The first kappa shape index (κ1) is 17.1. The lowest BCUT2D eigenvalue weighted by Gasteiger charge is -2.32. The molecule has 2 N–H and O–H groups in total. The Balaban J connectivity index is 1.33. The zero-order chi connectivity index (χ0) is 17.9. The number of hydrogen-bond donors (Lipinski definition) is 2. The van der Waals surface area contributed by atoms with Crippen molar-refractivity contribution in [3.05, 3.63) is 46.8 Å². The second-order valence-corrected chi connectivity index (χ2v) is 7.68. The molecular formula is C18H21BrN6O. The molecule has 8 heteroatoms. The summed E-state index contributed by atoms with van der Waals surface area (Å²) in [5, 5.41) is 12.0. The van der Waals surface area contributed by atoms with Crippen molar-refractivity contribution in [1.82, 2.24) is 30.2 Å². The Hall–Kier alpha value is -2.35. The lowest BCUT2D eigenvalue weighted by atomic mass is 9.98. The van der Waals surface area contributed by atoms with Gasteiger partial charge in [0.2, 0.25) is 0 Å². The summed E-state index contributed by atoms with van der Waals surface area (Å²) in [5.74, 6) is 0.418. The molecule has 0 saturated carbocycles. The minimum Gasteiger partial charge on any atom is -0.357 e. The summed E-state index contributed by atoms with van der Waals surface area (Å²) in [6.07, 6.45) is 5.69. The molecule has 136 valence electrons. The summed E-state index contributed by atoms with van der Waals surface area (Å²) in [5.41, 5.74) is 2.07. The van der Waals surface area contributed by atoms with Crippen LogP contribution in [0.25, 0.3) is 10.9 Å². The normalized spacial score (nSPS) is 17.6. The molecule has 4 rings (SSSR count). The van der Waals surface area contributed by atoms with Crippen LogP contribution >= 0.6 is 15.9 Å². The van der Waals surface area contributed by atoms with Gasteiger partial charge in [0.05, 0.1) is 12.7 Å². The summed E-state index contributed by atoms with van der Waals surface area (Å²) in [4.78, 5) is 17.8. The van der Waals surface area contributed by atoms with Gasteiger partial charge >= 0.3 is 6.03 Å². The van der Waals surface area contributed by atoms with Gasteiger partial charge in [-0.3, -0.25) is 4.68 Å². The second kappa shape index (κ2) is 7.49. The van der Waals surface area contributed by atoms with Crippen LogP contribution in [-0.4, -0.2) is 44.0 Å². The van der Waals surface area contributed by atoms with Crippen molar-refractivity contribution in [3.8, 4) is 0 Å². The van der Waals surface area contributed by atoms with Gasteiger partial charge in [-0.1, -0.05) is 21.1 Å². The van der Waals surface area contributed by atoms with E-state index in [0.717, 1.165) is 53.5 Å². The van der Waals surface area contributed by atoms with Crippen LogP contribution in [0.2, 0.25) is 0 Å². The number of fused-ring (bicyclic) bond motifs is 1. The predicted octanol–water partition coefficient (Wildman–Crippen LogP) is 3.14. The van der Waals surface area contributed by atoms with Crippen LogP contribution in [-0.2, 0) is 13.1 Å². The van der Waals surface area contributed by atoms with Gasteiger partial charge in [-0.2, -0.15) is 0 Å². The molecule has 0 spiro atoms. The number of carbonyl (C=O) groups excluding carboxylic acids is 1. The Labute approximate surface area is 159 Å². The number of urea groups is 1. The van der Waals surface area contributed by atoms with E-state index in [4.69, 9.17) is 0 Å². The molecular weight excluding hydrogens is 396 g/mol. The number of H-pyrrole nitrogens is 1. The van der Waals surface area contributed by atoms with Crippen molar-refractivity contribution in [1.29, 1.82) is 0 Å². The Morgan fingerprint density at radius 3 is 3.15 bits per heavy atom. The molecule has 1 unspecified atom stereocenters. The first-order valence-corrected chi connectivity index (χ1v) is 9.61. The molecule has 1 atom stereocenters. The SMILES string of the molecule is O=C(NCc1cc2cc(Br)ccc2[nH]1)N1CCCC(Cn2ccnn2)C1. The maximum atomic E-state index is 12.5. The molecule has 0 aliphatic carbocycles. The van der Waals surface area contributed by atoms with E-state index in [0.29, 0.717) is 12.5 Å². The fourth-order valence-corrected chi connectivity index (χ4v) is 3.91. The van der Waals surface area contributed by atoms with E-state index in [2.05, 4.69) is 48.7 Å². The number of piperidine rings is 1. The molecule has 1 aliphatic heterocycles. The first-order valence-electron chi connectivity index (χ1n) is 8.81. The summed E-state index contributed by atoms with van der Waals surface area (Å²) in [7, 11) is 0. The molecule has 2 aromatic heterocycles. The van der Waals surface area contributed by atoms with Crippen molar-refractivity contribution in [2.75, 3.05) is 13.1 Å². The van der Waals surface area contributed by atoms with Crippen LogP contribution in [0.1, 0.15) is 18.5 Å². The van der Waals surface area contributed by atoms with Crippen LogP contribution in [0.15, 0.2) is 41.1 Å². The molecule has 3 aromatic rings. The van der Waals surface area contributed by atoms with Gasteiger partial charge in [0.25, 0.3) is 0 Å². The van der Waals surface area contributed by atoms with E-state index in [-0.39, 0.29) is 6.03 Å². The van der Waals surface area contributed by atoms with Gasteiger partial charge in [0, 0.05) is 46.9 Å². The summed E-state index contributed by atoms with van der Waals surface area (Å²) >= 11 is 3.48. The molecule has 1 saturated heterocycles. The highest BCUT2D eigenvalue weighted by Crippen LogP contribution is 2.21. The van der Waals surface area contributed by atoms with Crippen LogP contribution < -0.4 is 5.32 Å². The van der Waals surface area contributed by atoms with Gasteiger partial charge in [-0.05, 0) is 43.0 Å². The highest BCUT2D eigenvalue weighted by molar-refractivity contribution is 9.10. The van der Waals surface area contributed by atoms with Crippen molar-refractivity contribution in [2.45, 2.75) is 25.9 Å². The topological polar surface area (TPSA) is 78.8 Å². The van der Waals surface area contributed by atoms with E-state index >= 15 is 0 Å². The van der Waals surface area contributed by atoms with Crippen molar-refractivity contribution < 1.29 is 4.79 Å². The molecule has 3 heterocycles. The fourth-order valence-electron chi connectivity index (χ4n) is 3.53. The van der Waals surface area contributed by atoms with E-state index in [1.54, 1.807) is 6.20 Å². The maximum Gasteiger partial charge on any atom is 0.317 e. The van der Waals surface area contributed by atoms with Gasteiger partial charge in [0.15, 0.2) is 0 Å². The highest BCUT2D eigenvalue weighted by Gasteiger charge is 2.24. The Morgan fingerprint density at radius 2 is 2.31 bits per heavy atom. The smallest absolute Gasteiger partial charge is 0.317 e. The van der Waals surface area contributed by atoms with Crippen molar-refractivity contribution >= 4 is 32.9 Å². The van der Waals surface area contributed by atoms with Crippen molar-refractivity contribution in [2.24, 2.45) is 5.92 Å². The molecule has 0 bridgehead atoms. The zero-order valence-corrected chi connectivity index (χ0v) is 15.9. The third kappa shape index (κ3) is 3.90. The highest BCUT2D eigenvalue weighted by atomic mass is 79.9. The van der Waals surface area contributed by atoms with Gasteiger partial charge in [0.1, 0.15) is 0 Å². The third-order valence-corrected chi connectivity index (χ3v) is 5.29. The van der Waals surface area contributed by atoms with E-state index in [9.17, 15) is 4.79 Å². The number of carbonyl (C=O) groups is 1. The number of halogens is 1. The van der Waals surface area contributed by atoms with E-state index in [1.165, 1.54) is 0 Å². The number of hydrogen-bond acceptors (Lipinski definition) is 3. The first-order chi connectivity index (χ1) is 12.7. The number of aromatic nitrogens is 4. The van der Waals surface area contributed by atoms with Crippen LogP contribution in [0.4, 0.5) is 4.79 Å². The fraction of sp³-hybridized carbons (Fsp3) is 0.389. The molecule has 7 nitrogen and oxygen atoms in total. The second-order valence-electron chi connectivity index (χ2n) is 6.76. The van der Waals surface area contributed by atoms with Gasteiger partial charge in [-0.25, -0.2) is 4.79 Å². The van der Waals surface area contributed by atoms with Gasteiger partial charge < -0.3 is 15.2 Å². The number of amides is 2. The molecule has 26 heavy (non-hydrogen) atoms. The Kier molecular flexibility index (Phi) is 4.92. The number of nitrogens with zero attached hydrogens (tertiary/aromatic N) is 4. The van der Waals surface area contributed by atoms with Crippen LogP contribution in [0.3, 0.4) is 0 Å². The molecule has 0 radical (unpaired) electrons. The number of likely N-dealkylation sites (tertiary alicyclic amines) is 1. The number of benzene rings is 1. The third-order valence-electron chi connectivity index (χ3n) is 4.79. The lowest BCUT2D eigenvalue weighted by molar-refractivity contribution is 0.157. The molecule has 1 aliphatic rings. The monoisotopic (exact) mass is 416 g/mol. The summed E-state index contributed by atoms with van der Waals surface area (Å²) < 4.78 is 2.89. The standard InChI is InChI=1S/C18H21BrN6O/c19-15-3-4-17-14(8-15)9-16(22-17)10-20-18(26)24-6-1-2-13(11-24)12-25-7-5-21-23-25/h3-5,7-9,13,22H,1-2,6,10-12H2,(H,20,26). The van der Waals surface area contributed by atoms with E-state index < -0.39 is 0 Å². The minimum absolute atomic E-state index is 0.00636. The summed E-state index contributed by atoms with van der Waals surface area (Å²) in [6.45, 7) is 2.86. The van der Waals surface area contributed by atoms with Crippen LogP contribution in [0, 0.1) is 5.92 Å². The molecule has 1 aromatic carbocycles. The quantitative estimate of drug-likeness (QED) is 0.685. The number of aromatic amines is 1. The van der Waals surface area contributed by atoms with E-state index in [1.807, 2.05) is 27.9 Å². The molecule has 1 fully saturated rings. The van der Waals surface area contributed by atoms with Crippen LogP contribution in [0.5, 0.6) is 0 Å². The minimum atomic E-state index is -0.00636. The zero-order valence-electron chi connectivity index (χ0n) is 14.4. The average Bonchev–Trinajstić information content (AvgIpc) is 3.28. The number of rotatable bonds is 4. The largest absolute Gasteiger partial charge is 0.357 e. The summed E-state index contributed by atoms with van der Waals surface area (Å²) in [6, 6.07) is 8.17. The Bertz CT molecular complexity index is 890. The molecule has 2 amide bonds. The maximum absolute atomic E-state index is 12.5. The van der Waals surface area contributed by atoms with Crippen molar-refractivity contribution in [3.63, 3.8) is 0 Å². The average molecular weight is 417 g/mol. The predicted molar refractivity (Wildman–Crippen MR) is 103 cm³/mol.